The van der Waals surface area contributed by atoms with Crippen LogP contribution < -0.4 is 11.1 Å². The normalized spacial score (nSPS) is 34.2. The van der Waals surface area contributed by atoms with E-state index in [9.17, 15) is 19.8 Å². The fourth-order valence-electron chi connectivity index (χ4n) is 1.88. The van der Waals surface area contributed by atoms with Gasteiger partial charge in [0.15, 0.2) is 6.29 Å². The van der Waals surface area contributed by atoms with Crippen molar-refractivity contribution < 1.29 is 39.5 Å². The van der Waals surface area contributed by atoms with Gasteiger partial charge in [0.05, 0.1) is 13.2 Å². The van der Waals surface area contributed by atoms with Gasteiger partial charge in [-0.15, -0.1) is 0 Å². The van der Waals surface area contributed by atoms with Crippen LogP contribution in [0.2, 0.25) is 0 Å². The van der Waals surface area contributed by atoms with Gasteiger partial charge in [-0.3, -0.25) is 9.59 Å². The molecule has 3 unspecified atom stereocenters. The minimum atomic E-state index is -1.45. The lowest BCUT2D eigenvalue weighted by Crippen LogP contribution is -2.64. The summed E-state index contributed by atoms with van der Waals surface area (Å²) in [5, 5.41) is 39.8. The molecule has 0 saturated carbocycles. The molecule has 0 bridgehead atoms. The highest BCUT2D eigenvalue weighted by Crippen LogP contribution is 2.22. The molecule has 21 heavy (non-hydrogen) atoms. The third-order valence-corrected chi connectivity index (χ3v) is 3.01. The summed E-state index contributed by atoms with van der Waals surface area (Å²) >= 11 is 0. The van der Waals surface area contributed by atoms with E-state index in [0.29, 0.717) is 0 Å². The Morgan fingerprint density at radius 3 is 2.48 bits per heavy atom. The number of hydrogen-bond donors (Lipinski definition) is 6. The number of carboxylic acids is 1. The molecular formula is C11H20N2O8. The summed E-state index contributed by atoms with van der Waals surface area (Å²) in [4.78, 5) is 21.7. The molecule has 0 aromatic rings. The number of aliphatic carboxylic acids is 1. The van der Waals surface area contributed by atoms with Crippen LogP contribution in [0.5, 0.6) is 0 Å². The van der Waals surface area contributed by atoms with Crippen molar-refractivity contribution in [3.8, 4) is 0 Å². The molecule has 6 atom stereocenters. The van der Waals surface area contributed by atoms with Crippen molar-refractivity contribution in [3.05, 3.63) is 0 Å². The summed E-state index contributed by atoms with van der Waals surface area (Å²) in [6, 6.07) is -2.44. The molecule has 1 rings (SSSR count). The average Bonchev–Trinajstić information content (AvgIpc) is 2.42. The minimum Gasteiger partial charge on any atom is -0.480 e. The first-order valence-electron chi connectivity index (χ1n) is 6.27. The molecule has 0 spiro atoms. The Morgan fingerprint density at radius 1 is 1.38 bits per heavy atom. The van der Waals surface area contributed by atoms with Crippen molar-refractivity contribution in [1.82, 2.24) is 5.32 Å². The summed E-state index contributed by atoms with van der Waals surface area (Å²) in [6.45, 7) is 0.171. The van der Waals surface area contributed by atoms with Crippen LogP contribution >= 0.6 is 0 Å². The predicted octanol–water partition coefficient (Wildman–Crippen LogP) is -3.64. The summed E-state index contributed by atoms with van der Waals surface area (Å²) < 4.78 is 10.4. The molecule has 10 nitrogen and oxygen atoms in total. The minimum absolute atomic E-state index is 0.433. The molecule has 1 aliphatic rings. The lowest BCUT2D eigenvalue weighted by atomic mass is 9.97. The van der Waals surface area contributed by atoms with Gasteiger partial charge < -0.3 is 41.0 Å². The van der Waals surface area contributed by atoms with Gasteiger partial charge in [0.1, 0.15) is 30.4 Å². The van der Waals surface area contributed by atoms with E-state index in [1.54, 1.807) is 0 Å². The van der Waals surface area contributed by atoms with Crippen LogP contribution in [0.4, 0.5) is 0 Å². The zero-order valence-electron chi connectivity index (χ0n) is 11.4. The number of amides is 1. The summed E-state index contributed by atoms with van der Waals surface area (Å²) in [6.07, 6.45) is -5.27. The summed E-state index contributed by atoms with van der Waals surface area (Å²) in [5.41, 5.74) is 5.28. The van der Waals surface area contributed by atoms with E-state index in [2.05, 4.69) is 5.32 Å². The Balaban J connectivity index is 2.78. The van der Waals surface area contributed by atoms with Crippen molar-refractivity contribution in [1.29, 1.82) is 0 Å². The molecule has 1 aliphatic heterocycles. The monoisotopic (exact) mass is 308 g/mol. The van der Waals surface area contributed by atoms with Crippen LogP contribution in [-0.2, 0) is 19.1 Å². The van der Waals surface area contributed by atoms with Gasteiger partial charge in [0, 0.05) is 6.92 Å². The number of carboxylic acid groups (broad SMARTS) is 1. The number of rotatable bonds is 6. The standard InChI is InChI=1S/C11H20N2O8/c1-4(15)13-7-9(17)8(16)6(2-14)21-11(7)20-3-5(12)10(18)19/h5-9,11,14,16-17H,2-3,12H2,1H3,(H,13,15)(H,18,19)/t5?,6?,7?,8-,9-,11-/m1/s1. The molecular weight excluding hydrogens is 288 g/mol. The molecule has 0 aliphatic carbocycles. The van der Waals surface area contributed by atoms with Crippen molar-refractivity contribution >= 4 is 11.9 Å². The number of carbonyl (C=O) groups excluding carboxylic acids is 1. The van der Waals surface area contributed by atoms with Crippen LogP contribution in [0.15, 0.2) is 0 Å². The van der Waals surface area contributed by atoms with E-state index in [4.69, 9.17) is 25.4 Å². The first-order valence-corrected chi connectivity index (χ1v) is 6.27. The highest BCUT2D eigenvalue weighted by atomic mass is 16.7. The number of hydrogen-bond acceptors (Lipinski definition) is 8. The number of ether oxygens (including phenoxy) is 2. The Bertz CT molecular complexity index is 379. The van der Waals surface area contributed by atoms with Crippen LogP contribution in [0.25, 0.3) is 0 Å². The van der Waals surface area contributed by atoms with Crippen molar-refractivity contribution in [2.24, 2.45) is 5.73 Å². The lowest BCUT2D eigenvalue weighted by molar-refractivity contribution is -0.270. The van der Waals surface area contributed by atoms with E-state index >= 15 is 0 Å². The first-order chi connectivity index (χ1) is 9.77. The maximum absolute atomic E-state index is 11.1. The molecule has 1 saturated heterocycles. The Kier molecular flexibility index (Phi) is 6.45. The molecule has 10 heteroatoms. The molecule has 0 radical (unpaired) electrons. The van der Waals surface area contributed by atoms with Crippen LogP contribution in [0.3, 0.4) is 0 Å². The Labute approximate surface area is 120 Å². The SMILES string of the molecule is CC(=O)NC1[C@H](OCC(N)C(=O)O)OC(CO)[C@@H](O)[C@@H]1O. The van der Waals surface area contributed by atoms with Gasteiger partial charge in [-0.2, -0.15) is 0 Å². The van der Waals surface area contributed by atoms with Gasteiger partial charge >= 0.3 is 5.97 Å². The lowest BCUT2D eigenvalue weighted by Gasteiger charge is -2.42. The highest BCUT2D eigenvalue weighted by Gasteiger charge is 2.45. The second-order valence-corrected chi connectivity index (χ2v) is 4.71. The molecule has 0 aromatic heterocycles. The molecule has 1 fully saturated rings. The third-order valence-electron chi connectivity index (χ3n) is 3.01. The average molecular weight is 308 g/mol. The van der Waals surface area contributed by atoms with Crippen LogP contribution in [0.1, 0.15) is 6.92 Å². The molecule has 0 aromatic carbocycles. The zero-order valence-corrected chi connectivity index (χ0v) is 11.4. The Morgan fingerprint density at radius 2 is 2.00 bits per heavy atom. The van der Waals surface area contributed by atoms with Gasteiger partial charge in [-0.25, -0.2) is 0 Å². The fraction of sp³-hybridized carbons (Fsp3) is 0.818. The number of aliphatic hydroxyl groups excluding tert-OH is 3. The maximum atomic E-state index is 11.1. The molecule has 122 valence electrons. The second kappa shape index (κ2) is 7.64. The van der Waals surface area contributed by atoms with Gasteiger partial charge in [-0.05, 0) is 0 Å². The third kappa shape index (κ3) is 4.59. The predicted molar refractivity (Wildman–Crippen MR) is 66.9 cm³/mol. The summed E-state index contributed by atoms with van der Waals surface area (Å²) in [7, 11) is 0. The topological polar surface area (TPSA) is 172 Å². The smallest absolute Gasteiger partial charge is 0.322 e. The number of carbonyl (C=O) groups is 2. The van der Waals surface area contributed by atoms with E-state index in [-0.39, 0.29) is 0 Å². The number of nitrogens with two attached hydrogens (primary N) is 1. The fourth-order valence-corrected chi connectivity index (χ4v) is 1.88. The van der Waals surface area contributed by atoms with E-state index in [1.807, 2.05) is 0 Å². The van der Waals surface area contributed by atoms with Crippen molar-refractivity contribution in [3.63, 3.8) is 0 Å². The number of nitrogens with one attached hydrogen (secondary N) is 1. The van der Waals surface area contributed by atoms with Crippen molar-refractivity contribution in [2.45, 2.75) is 43.6 Å². The van der Waals surface area contributed by atoms with Gasteiger partial charge in [-0.1, -0.05) is 0 Å². The van der Waals surface area contributed by atoms with E-state index < -0.39 is 61.8 Å². The quantitative estimate of drug-likeness (QED) is 0.289. The summed E-state index contributed by atoms with van der Waals surface area (Å²) in [5.74, 6) is -1.80. The molecule has 1 heterocycles. The second-order valence-electron chi connectivity index (χ2n) is 4.71. The molecule has 7 N–H and O–H groups in total. The highest BCUT2D eigenvalue weighted by molar-refractivity contribution is 5.73. The van der Waals surface area contributed by atoms with Crippen LogP contribution in [-0.4, -0.2) is 82.2 Å². The van der Waals surface area contributed by atoms with Crippen LogP contribution in [0, 0.1) is 0 Å². The zero-order chi connectivity index (χ0) is 16.2. The Hall–Kier alpha value is -1.30. The van der Waals surface area contributed by atoms with Gasteiger partial charge in [0.2, 0.25) is 5.91 Å². The van der Waals surface area contributed by atoms with Gasteiger partial charge in [0.25, 0.3) is 0 Å². The van der Waals surface area contributed by atoms with E-state index in [0.717, 1.165) is 0 Å². The molecule has 1 amide bonds. The maximum Gasteiger partial charge on any atom is 0.322 e. The first kappa shape index (κ1) is 17.8. The van der Waals surface area contributed by atoms with Crippen molar-refractivity contribution in [2.75, 3.05) is 13.2 Å². The van der Waals surface area contributed by atoms with E-state index in [1.165, 1.54) is 6.92 Å². The largest absolute Gasteiger partial charge is 0.480 e. The number of aliphatic hydroxyl groups is 3.